The summed E-state index contributed by atoms with van der Waals surface area (Å²) in [5, 5.41) is 11.2. The van der Waals surface area contributed by atoms with Gasteiger partial charge in [0.05, 0.1) is 21.7 Å². The molecule has 0 saturated heterocycles. The van der Waals surface area contributed by atoms with Gasteiger partial charge in [0.25, 0.3) is 0 Å². The molecule has 0 aliphatic rings. The molecule has 2 heterocycles. The van der Waals surface area contributed by atoms with E-state index < -0.39 is 6.10 Å². The first kappa shape index (κ1) is 12.2. The van der Waals surface area contributed by atoms with E-state index in [1.54, 1.807) is 17.5 Å². The first-order valence-electron chi connectivity index (χ1n) is 5.60. The van der Waals surface area contributed by atoms with Gasteiger partial charge in [-0.15, -0.1) is 11.3 Å². The summed E-state index contributed by atoms with van der Waals surface area (Å²) in [7, 11) is 0. The highest BCUT2D eigenvalue weighted by Gasteiger charge is 2.16. The molecule has 1 unspecified atom stereocenters. The maximum atomic E-state index is 10.2. The fourth-order valence-corrected chi connectivity index (χ4v) is 2.78. The SMILES string of the molecule is Cc1nc(C)c(C(O)Cc2ncccc2C)s1. The van der Waals surface area contributed by atoms with Crippen LogP contribution in [-0.4, -0.2) is 15.1 Å². The zero-order valence-corrected chi connectivity index (χ0v) is 11.1. The predicted octanol–water partition coefficient (Wildman–Crippen LogP) is 2.74. The molecule has 4 heteroatoms. The van der Waals surface area contributed by atoms with Crippen molar-refractivity contribution in [3.8, 4) is 0 Å². The Labute approximate surface area is 105 Å². The number of aryl methyl sites for hydroxylation is 3. The van der Waals surface area contributed by atoms with Crippen molar-refractivity contribution < 1.29 is 5.11 Å². The van der Waals surface area contributed by atoms with Gasteiger partial charge in [-0.05, 0) is 32.4 Å². The van der Waals surface area contributed by atoms with E-state index in [1.165, 1.54) is 0 Å². The summed E-state index contributed by atoms with van der Waals surface area (Å²) >= 11 is 1.56. The highest BCUT2D eigenvalue weighted by molar-refractivity contribution is 7.11. The molecular formula is C13H16N2OS. The van der Waals surface area contributed by atoms with Gasteiger partial charge in [-0.2, -0.15) is 0 Å². The molecule has 0 amide bonds. The number of aliphatic hydroxyl groups excluding tert-OH is 1. The molecule has 0 radical (unpaired) electrons. The summed E-state index contributed by atoms with van der Waals surface area (Å²) < 4.78 is 0. The molecule has 1 atom stereocenters. The van der Waals surface area contributed by atoms with Gasteiger partial charge < -0.3 is 5.11 Å². The number of thiazole rings is 1. The fraction of sp³-hybridized carbons (Fsp3) is 0.385. The van der Waals surface area contributed by atoms with E-state index in [9.17, 15) is 5.11 Å². The number of nitrogens with zero attached hydrogens (tertiary/aromatic N) is 2. The van der Waals surface area contributed by atoms with Gasteiger partial charge in [-0.3, -0.25) is 4.98 Å². The standard InChI is InChI=1S/C13H16N2OS/c1-8-5-4-6-14-11(8)7-12(16)13-9(2)15-10(3)17-13/h4-6,12,16H,7H2,1-3H3. The smallest absolute Gasteiger partial charge is 0.0956 e. The van der Waals surface area contributed by atoms with E-state index in [4.69, 9.17) is 0 Å². The zero-order chi connectivity index (χ0) is 12.4. The maximum absolute atomic E-state index is 10.2. The highest BCUT2D eigenvalue weighted by atomic mass is 32.1. The average molecular weight is 248 g/mol. The number of aromatic nitrogens is 2. The first-order valence-corrected chi connectivity index (χ1v) is 6.42. The van der Waals surface area contributed by atoms with E-state index >= 15 is 0 Å². The Kier molecular flexibility index (Phi) is 3.54. The largest absolute Gasteiger partial charge is 0.387 e. The van der Waals surface area contributed by atoms with Crippen LogP contribution in [0.3, 0.4) is 0 Å². The van der Waals surface area contributed by atoms with Crippen LogP contribution in [0.15, 0.2) is 18.3 Å². The summed E-state index contributed by atoms with van der Waals surface area (Å²) in [6.07, 6.45) is 1.81. The van der Waals surface area contributed by atoms with Gasteiger partial charge in [0.2, 0.25) is 0 Å². The quantitative estimate of drug-likeness (QED) is 0.908. The Morgan fingerprint density at radius 3 is 2.71 bits per heavy atom. The van der Waals surface area contributed by atoms with Crippen LogP contribution >= 0.6 is 11.3 Å². The lowest BCUT2D eigenvalue weighted by Crippen LogP contribution is -2.04. The summed E-state index contributed by atoms with van der Waals surface area (Å²) in [5.41, 5.74) is 2.99. The van der Waals surface area contributed by atoms with Crippen molar-refractivity contribution in [1.29, 1.82) is 0 Å². The first-order chi connectivity index (χ1) is 8.08. The number of pyridine rings is 1. The maximum Gasteiger partial charge on any atom is 0.0956 e. The Hall–Kier alpha value is -1.26. The van der Waals surface area contributed by atoms with Crippen LogP contribution in [0.25, 0.3) is 0 Å². The van der Waals surface area contributed by atoms with Crippen molar-refractivity contribution in [2.75, 3.05) is 0 Å². The second kappa shape index (κ2) is 4.94. The third kappa shape index (κ3) is 2.70. The van der Waals surface area contributed by atoms with Gasteiger partial charge in [0.1, 0.15) is 0 Å². The van der Waals surface area contributed by atoms with Crippen LogP contribution in [0, 0.1) is 20.8 Å². The summed E-state index contributed by atoms with van der Waals surface area (Å²) in [4.78, 5) is 9.59. The van der Waals surface area contributed by atoms with Gasteiger partial charge in [0, 0.05) is 18.3 Å². The number of hydrogen-bond donors (Lipinski definition) is 1. The predicted molar refractivity (Wildman–Crippen MR) is 69.2 cm³/mol. The van der Waals surface area contributed by atoms with Crippen molar-refractivity contribution in [2.45, 2.75) is 33.3 Å². The lowest BCUT2D eigenvalue weighted by Gasteiger charge is -2.10. The normalized spacial score (nSPS) is 12.7. The van der Waals surface area contributed by atoms with Crippen molar-refractivity contribution in [1.82, 2.24) is 9.97 Å². The molecule has 0 aliphatic heterocycles. The Bertz CT molecular complexity index is 522. The molecule has 0 aromatic carbocycles. The summed E-state index contributed by atoms with van der Waals surface area (Å²) in [5.74, 6) is 0. The van der Waals surface area contributed by atoms with Crippen molar-refractivity contribution in [2.24, 2.45) is 0 Å². The van der Waals surface area contributed by atoms with E-state index in [-0.39, 0.29) is 0 Å². The lowest BCUT2D eigenvalue weighted by atomic mass is 10.1. The van der Waals surface area contributed by atoms with Crippen molar-refractivity contribution >= 4 is 11.3 Å². The second-order valence-corrected chi connectivity index (χ2v) is 5.40. The Morgan fingerprint density at radius 1 is 1.35 bits per heavy atom. The second-order valence-electron chi connectivity index (χ2n) is 4.17. The van der Waals surface area contributed by atoms with Crippen molar-refractivity contribution in [3.05, 3.63) is 45.2 Å². The van der Waals surface area contributed by atoms with Gasteiger partial charge >= 0.3 is 0 Å². The van der Waals surface area contributed by atoms with Crippen LogP contribution in [0.5, 0.6) is 0 Å². The van der Waals surface area contributed by atoms with Crippen LogP contribution in [0.4, 0.5) is 0 Å². The van der Waals surface area contributed by atoms with Gasteiger partial charge in [-0.1, -0.05) is 6.07 Å². The molecule has 0 aliphatic carbocycles. The minimum Gasteiger partial charge on any atom is -0.387 e. The number of aliphatic hydroxyl groups is 1. The zero-order valence-electron chi connectivity index (χ0n) is 10.3. The third-order valence-electron chi connectivity index (χ3n) is 2.75. The molecule has 2 rings (SSSR count). The minimum absolute atomic E-state index is 0.505. The average Bonchev–Trinajstić information content (AvgIpc) is 2.61. The van der Waals surface area contributed by atoms with E-state index in [0.717, 1.165) is 26.8 Å². The fourth-order valence-electron chi connectivity index (χ4n) is 1.86. The van der Waals surface area contributed by atoms with E-state index in [2.05, 4.69) is 9.97 Å². The molecule has 17 heavy (non-hydrogen) atoms. The molecule has 0 spiro atoms. The third-order valence-corrected chi connectivity index (χ3v) is 3.92. The summed E-state index contributed by atoms with van der Waals surface area (Å²) in [6.45, 7) is 5.91. The Morgan fingerprint density at radius 2 is 2.12 bits per heavy atom. The molecule has 0 bridgehead atoms. The van der Waals surface area contributed by atoms with Crippen LogP contribution < -0.4 is 0 Å². The number of hydrogen-bond acceptors (Lipinski definition) is 4. The molecule has 1 N–H and O–H groups in total. The molecule has 90 valence electrons. The molecule has 0 fully saturated rings. The molecule has 2 aromatic heterocycles. The summed E-state index contributed by atoms with van der Waals surface area (Å²) in [6, 6.07) is 3.92. The molecule has 2 aromatic rings. The van der Waals surface area contributed by atoms with Crippen LogP contribution in [0.2, 0.25) is 0 Å². The monoisotopic (exact) mass is 248 g/mol. The van der Waals surface area contributed by atoms with Crippen LogP contribution in [-0.2, 0) is 6.42 Å². The van der Waals surface area contributed by atoms with E-state index in [0.29, 0.717) is 6.42 Å². The molecule has 3 nitrogen and oxygen atoms in total. The van der Waals surface area contributed by atoms with Crippen LogP contribution in [0.1, 0.15) is 32.9 Å². The molecule has 0 saturated carbocycles. The van der Waals surface area contributed by atoms with Crippen molar-refractivity contribution in [3.63, 3.8) is 0 Å². The highest BCUT2D eigenvalue weighted by Crippen LogP contribution is 2.27. The topological polar surface area (TPSA) is 46.0 Å². The van der Waals surface area contributed by atoms with Gasteiger partial charge in [0.15, 0.2) is 0 Å². The molecular weight excluding hydrogens is 232 g/mol. The minimum atomic E-state index is -0.505. The Balaban J connectivity index is 2.20. The van der Waals surface area contributed by atoms with Gasteiger partial charge in [-0.25, -0.2) is 4.98 Å². The number of rotatable bonds is 3. The van der Waals surface area contributed by atoms with E-state index in [1.807, 2.05) is 32.9 Å². The lowest BCUT2D eigenvalue weighted by molar-refractivity contribution is 0.180.